The van der Waals surface area contributed by atoms with Crippen molar-refractivity contribution in [2.75, 3.05) is 11.2 Å². The Morgan fingerprint density at radius 2 is 1.86 bits per heavy atom. The molecule has 2 rings (SSSR count). The minimum atomic E-state index is -2.53. The second-order valence-electron chi connectivity index (χ2n) is 3.95. The Hall–Kier alpha value is -1.34. The molecule has 1 unspecified atom stereocenters. The molecule has 0 heterocycles. The van der Waals surface area contributed by atoms with Crippen LogP contribution in [0.1, 0.15) is 0 Å². The van der Waals surface area contributed by atoms with Crippen molar-refractivity contribution in [1.29, 1.82) is 0 Å². The summed E-state index contributed by atoms with van der Waals surface area (Å²) >= 11 is 4.75. The molecule has 2 aromatic carbocycles. The highest BCUT2D eigenvalue weighted by atomic mass is 35.5. The summed E-state index contributed by atoms with van der Waals surface area (Å²) in [6.45, 7) is 0. The molecule has 0 aliphatic heterocycles. The Balaban J connectivity index is 2.57. The Kier molecular flexibility index (Phi) is 5.81. The van der Waals surface area contributed by atoms with Crippen LogP contribution in [0.5, 0.6) is 0 Å². The number of hydrogen-bond donors (Lipinski definition) is 0. The van der Waals surface area contributed by atoms with Gasteiger partial charge in [0.1, 0.15) is 0 Å². The van der Waals surface area contributed by atoms with Gasteiger partial charge in [-0.3, -0.25) is 9.11 Å². The first-order valence-electron chi connectivity index (χ1n) is 5.94. The number of thioether (sulfide) groups is 1. The number of amidine groups is 1. The lowest BCUT2D eigenvalue weighted by Gasteiger charge is -2.25. The molecule has 110 valence electrons. The third-order valence-corrected chi connectivity index (χ3v) is 3.92. The fourth-order valence-corrected chi connectivity index (χ4v) is 3.06. The summed E-state index contributed by atoms with van der Waals surface area (Å²) in [6.07, 6.45) is 1.77. The van der Waals surface area contributed by atoms with E-state index in [1.807, 2.05) is 36.4 Å². The number of anilines is 2. The van der Waals surface area contributed by atoms with Crippen molar-refractivity contribution < 1.29 is 8.76 Å². The lowest BCUT2D eigenvalue weighted by molar-refractivity contribution is 0.539. The number of hydrogen-bond acceptors (Lipinski definition) is 3. The predicted octanol–water partition coefficient (Wildman–Crippen LogP) is 3.99. The van der Waals surface area contributed by atoms with E-state index in [-0.39, 0.29) is 0 Å². The molecule has 0 saturated heterocycles. The molecular formula is C14H12ClN2O2S2-. The zero-order chi connectivity index (χ0) is 15.2. The minimum absolute atomic E-state index is 0.344. The van der Waals surface area contributed by atoms with Crippen LogP contribution in [-0.2, 0) is 11.3 Å². The molecule has 4 nitrogen and oxygen atoms in total. The zero-order valence-electron chi connectivity index (χ0n) is 11.1. The Bertz CT molecular complexity index is 665. The van der Waals surface area contributed by atoms with E-state index in [1.165, 1.54) is 11.8 Å². The van der Waals surface area contributed by atoms with Gasteiger partial charge < -0.3 is 4.55 Å². The maximum absolute atomic E-state index is 10.9. The van der Waals surface area contributed by atoms with Crippen LogP contribution >= 0.6 is 23.4 Å². The fourth-order valence-electron chi connectivity index (χ4n) is 1.80. The van der Waals surface area contributed by atoms with Gasteiger partial charge in [-0.05, 0) is 36.6 Å². The van der Waals surface area contributed by atoms with Crippen LogP contribution in [-0.4, -0.2) is 20.2 Å². The first-order valence-corrected chi connectivity index (χ1v) is 8.58. The van der Waals surface area contributed by atoms with Gasteiger partial charge in [0, 0.05) is 16.4 Å². The van der Waals surface area contributed by atoms with E-state index in [2.05, 4.69) is 4.40 Å². The van der Waals surface area contributed by atoms with Crippen molar-refractivity contribution in [3.05, 3.63) is 59.6 Å². The second-order valence-corrected chi connectivity index (χ2v) is 5.77. The van der Waals surface area contributed by atoms with Gasteiger partial charge in [-0.1, -0.05) is 47.6 Å². The SMILES string of the molecule is CSC(=NS(=O)[O-])N(c1ccccc1)c1cccc(Cl)c1. The van der Waals surface area contributed by atoms with E-state index in [1.54, 1.807) is 29.4 Å². The Labute approximate surface area is 135 Å². The van der Waals surface area contributed by atoms with E-state index >= 15 is 0 Å². The average Bonchev–Trinajstić information content (AvgIpc) is 2.47. The molecule has 0 bridgehead atoms. The van der Waals surface area contributed by atoms with Crippen molar-refractivity contribution >= 4 is 51.2 Å². The Morgan fingerprint density at radius 3 is 2.43 bits per heavy atom. The molecule has 0 N–H and O–H groups in total. The smallest absolute Gasteiger partial charge is 0.181 e. The molecule has 0 spiro atoms. The highest BCUT2D eigenvalue weighted by Crippen LogP contribution is 2.30. The van der Waals surface area contributed by atoms with E-state index in [9.17, 15) is 8.76 Å². The van der Waals surface area contributed by atoms with E-state index in [0.717, 1.165) is 11.4 Å². The molecule has 2 aromatic rings. The van der Waals surface area contributed by atoms with Gasteiger partial charge in [-0.15, -0.1) is 0 Å². The minimum Gasteiger partial charge on any atom is -0.754 e. The maximum atomic E-state index is 10.9. The topological polar surface area (TPSA) is 55.7 Å². The van der Waals surface area contributed by atoms with Crippen molar-refractivity contribution in [1.82, 2.24) is 0 Å². The third-order valence-electron chi connectivity index (χ3n) is 2.61. The fraction of sp³-hybridized carbons (Fsp3) is 0.0714. The monoisotopic (exact) mass is 339 g/mol. The third kappa shape index (κ3) is 4.31. The summed E-state index contributed by atoms with van der Waals surface area (Å²) in [4.78, 5) is 1.74. The normalized spacial score (nSPS) is 13.0. The molecule has 0 radical (unpaired) electrons. The van der Waals surface area contributed by atoms with Gasteiger partial charge in [-0.2, -0.15) is 4.40 Å². The number of nitrogens with zero attached hydrogens (tertiary/aromatic N) is 2. The molecule has 0 aromatic heterocycles. The summed E-state index contributed by atoms with van der Waals surface area (Å²) in [7, 11) is 0. The summed E-state index contributed by atoms with van der Waals surface area (Å²) < 4.78 is 25.6. The molecule has 0 amide bonds. The van der Waals surface area contributed by atoms with Gasteiger partial charge in [0.15, 0.2) is 5.17 Å². The molecule has 7 heteroatoms. The van der Waals surface area contributed by atoms with Crippen LogP contribution in [0, 0.1) is 0 Å². The van der Waals surface area contributed by atoms with E-state index in [0.29, 0.717) is 10.2 Å². The second kappa shape index (κ2) is 7.61. The van der Waals surface area contributed by atoms with Crippen LogP contribution < -0.4 is 4.90 Å². The number of halogens is 1. The summed E-state index contributed by atoms with van der Waals surface area (Å²) in [5, 5.41) is 0.911. The average molecular weight is 340 g/mol. The summed E-state index contributed by atoms with van der Waals surface area (Å²) in [5.41, 5.74) is 1.55. The summed E-state index contributed by atoms with van der Waals surface area (Å²) in [6, 6.07) is 16.6. The molecule has 21 heavy (non-hydrogen) atoms. The largest absolute Gasteiger partial charge is 0.754 e. The number of benzene rings is 2. The van der Waals surface area contributed by atoms with Crippen LogP contribution in [0.4, 0.5) is 11.4 Å². The molecule has 1 atom stereocenters. The highest BCUT2D eigenvalue weighted by Gasteiger charge is 2.16. The van der Waals surface area contributed by atoms with Crippen molar-refractivity contribution in [2.24, 2.45) is 4.40 Å². The summed E-state index contributed by atoms with van der Waals surface area (Å²) in [5.74, 6) is 0. The first kappa shape index (κ1) is 16.0. The zero-order valence-corrected chi connectivity index (χ0v) is 13.5. The van der Waals surface area contributed by atoms with Gasteiger partial charge in [-0.25, -0.2) is 0 Å². The van der Waals surface area contributed by atoms with E-state index in [4.69, 9.17) is 11.6 Å². The first-order chi connectivity index (χ1) is 10.1. The highest BCUT2D eigenvalue weighted by molar-refractivity contribution is 8.14. The maximum Gasteiger partial charge on any atom is 0.181 e. The molecule has 0 fully saturated rings. The van der Waals surface area contributed by atoms with Crippen LogP contribution in [0.15, 0.2) is 59.0 Å². The van der Waals surface area contributed by atoms with Crippen molar-refractivity contribution in [2.45, 2.75) is 0 Å². The van der Waals surface area contributed by atoms with Gasteiger partial charge in [0.2, 0.25) is 0 Å². The lowest BCUT2D eigenvalue weighted by Crippen LogP contribution is -2.23. The van der Waals surface area contributed by atoms with Crippen molar-refractivity contribution in [3.63, 3.8) is 0 Å². The van der Waals surface area contributed by atoms with Gasteiger partial charge in [0.05, 0.1) is 11.3 Å². The molecule has 0 saturated carbocycles. The quantitative estimate of drug-likeness (QED) is 0.482. The van der Waals surface area contributed by atoms with Crippen molar-refractivity contribution in [3.8, 4) is 0 Å². The van der Waals surface area contributed by atoms with Gasteiger partial charge >= 0.3 is 0 Å². The predicted molar refractivity (Wildman–Crippen MR) is 89.9 cm³/mol. The Morgan fingerprint density at radius 1 is 1.19 bits per heavy atom. The van der Waals surface area contributed by atoms with Crippen LogP contribution in [0.2, 0.25) is 5.02 Å². The van der Waals surface area contributed by atoms with Crippen LogP contribution in [0.25, 0.3) is 0 Å². The van der Waals surface area contributed by atoms with Crippen LogP contribution in [0.3, 0.4) is 0 Å². The number of para-hydroxylation sites is 1. The number of rotatable bonds is 3. The molecular weight excluding hydrogens is 328 g/mol. The molecule has 0 aliphatic carbocycles. The molecule has 0 aliphatic rings. The van der Waals surface area contributed by atoms with Gasteiger partial charge in [0.25, 0.3) is 0 Å². The standard InChI is InChI=1S/C14H13ClN2O2S2/c1-20-14(16-21(18)19)17(12-7-3-2-4-8-12)13-9-5-6-11(15)10-13/h2-10H,1H3,(H,18,19)/p-1. The van der Waals surface area contributed by atoms with E-state index < -0.39 is 11.3 Å². The lowest BCUT2D eigenvalue weighted by atomic mass is 10.2.